The van der Waals surface area contributed by atoms with Crippen LogP contribution in [0.4, 0.5) is 17.2 Å². The number of carbonyl (C=O) groups is 1. The SMILES string of the molecule is Cc1ccccc1N(C)c1ncc(N)cc1C(N)=O. The number of rotatable bonds is 3. The second-order valence-electron chi connectivity index (χ2n) is 4.35. The van der Waals surface area contributed by atoms with E-state index >= 15 is 0 Å². The van der Waals surface area contributed by atoms with Crippen LogP contribution in [-0.2, 0) is 0 Å². The van der Waals surface area contributed by atoms with Crippen molar-refractivity contribution >= 4 is 23.1 Å². The van der Waals surface area contributed by atoms with Crippen molar-refractivity contribution in [2.24, 2.45) is 5.73 Å². The van der Waals surface area contributed by atoms with E-state index in [9.17, 15) is 4.79 Å². The van der Waals surface area contributed by atoms with Crippen molar-refractivity contribution in [3.63, 3.8) is 0 Å². The maximum atomic E-state index is 11.5. The Bertz CT molecular complexity index is 625. The summed E-state index contributed by atoms with van der Waals surface area (Å²) < 4.78 is 0. The lowest BCUT2D eigenvalue weighted by Crippen LogP contribution is -2.20. The van der Waals surface area contributed by atoms with Gasteiger partial charge in [0.05, 0.1) is 17.4 Å². The van der Waals surface area contributed by atoms with E-state index in [0.29, 0.717) is 17.1 Å². The van der Waals surface area contributed by atoms with Gasteiger partial charge in [-0.25, -0.2) is 4.98 Å². The van der Waals surface area contributed by atoms with Gasteiger partial charge < -0.3 is 16.4 Å². The van der Waals surface area contributed by atoms with Gasteiger partial charge >= 0.3 is 0 Å². The van der Waals surface area contributed by atoms with Crippen LogP contribution in [0, 0.1) is 6.92 Å². The number of pyridine rings is 1. The maximum Gasteiger partial charge on any atom is 0.252 e. The number of nitrogens with zero attached hydrogens (tertiary/aromatic N) is 2. The molecule has 5 nitrogen and oxygen atoms in total. The van der Waals surface area contributed by atoms with Gasteiger partial charge in [0.15, 0.2) is 0 Å². The van der Waals surface area contributed by atoms with Crippen LogP contribution in [0.25, 0.3) is 0 Å². The predicted octanol–water partition coefficient (Wildman–Crippen LogP) is 1.84. The number of benzene rings is 1. The summed E-state index contributed by atoms with van der Waals surface area (Å²) in [5, 5.41) is 0. The molecule has 0 spiro atoms. The van der Waals surface area contributed by atoms with Crippen molar-refractivity contribution in [3.05, 3.63) is 47.7 Å². The largest absolute Gasteiger partial charge is 0.397 e. The minimum atomic E-state index is -0.546. The van der Waals surface area contributed by atoms with Crippen LogP contribution < -0.4 is 16.4 Å². The molecule has 0 radical (unpaired) electrons. The highest BCUT2D eigenvalue weighted by molar-refractivity contribution is 5.99. The van der Waals surface area contributed by atoms with Crippen LogP contribution in [0.5, 0.6) is 0 Å². The number of hydrogen-bond acceptors (Lipinski definition) is 4. The van der Waals surface area contributed by atoms with Gasteiger partial charge in [0.2, 0.25) is 0 Å². The molecule has 1 aromatic carbocycles. The van der Waals surface area contributed by atoms with Crippen molar-refractivity contribution < 1.29 is 4.79 Å². The van der Waals surface area contributed by atoms with E-state index in [-0.39, 0.29) is 0 Å². The first kappa shape index (κ1) is 12.9. The lowest BCUT2D eigenvalue weighted by molar-refractivity contribution is 0.100. The van der Waals surface area contributed by atoms with Gasteiger partial charge in [-0.3, -0.25) is 4.79 Å². The molecule has 19 heavy (non-hydrogen) atoms. The van der Waals surface area contributed by atoms with Crippen LogP contribution >= 0.6 is 0 Å². The van der Waals surface area contributed by atoms with Crippen molar-refractivity contribution in [2.75, 3.05) is 17.7 Å². The Morgan fingerprint density at radius 3 is 2.63 bits per heavy atom. The van der Waals surface area contributed by atoms with Crippen molar-refractivity contribution in [2.45, 2.75) is 6.92 Å². The molecule has 0 atom stereocenters. The summed E-state index contributed by atoms with van der Waals surface area (Å²) in [5.41, 5.74) is 13.8. The normalized spacial score (nSPS) is 10.2. The number of primary amides is 1. The van der Waals surface area contributed by atoms with Crippen LogP contribution in [0.15, 0.2) is 36.5 Å². The maximum absolute atomic E-state index is 11.5. The molecule has 0 aliphatic rings. The fraction of sp³-hybridized carbons (Fsp3) is 0.143. The average Bonchev–Trinajstić information content (AvgIpc) is 2.38. The number of anilines is 3. The molecule has 2 aromatic rings. The lowest BCUT2D eigenvalue weighted by Gasteiger charge is -2.22. The first-order valence-corrected chi connectivity index (χ1v) is 5.85. The quantitative estimate of drug-likeness (QED) is 0.877. The number of hydrogen-bond donors (Lipinski definition) is 2. The summed E-state index contributed by atoms with van der Waals surface area (Å²) in [6.07, 6.45) is 1.51. The molecule has 0 saturated heterocycles. The van der Waals surface area contributed by atoms with E-state index in [1.54, 1.807) is 6.07 Å². The number of para-hydroxylation sites is 1. The monoisotopic (exact) mass is 256 g/mol. The molecule has 1 heterocycles. The fourth-order valence-electron chi connectivity index (χ4n) is 1.98. The Kier molecular flexibility index (Phi) is 3.37. The zero-order valence-electron chi connectivity index (χ0n) is 10.9. The summed E-state index contributed by atoms with van der Waals surface area (Å²) in [6, 6.07) is 9.38. The summed E-state index contributed by atoms with van der Waals surface area (Å²) in [5.74, 6) is -0.0498. The van der Waals surface area contributed by atoms with Gasteiger partial charge in [0.1, 0.15) is 5.82 Å². The molecule has 0 saturated carbocycles. The zero-order valence-corrected chi connectivity index (χ0v) is 10.9. The highest BCUT2D eigenvalue weighted by Gasteiger charge is 2.16. The smallest absolute Gasteiger partial charge is 0.252 e. The minimum Gasteiger partial charge on any atom is -0.397 e. The Labute approximate surface area is 111 Å². The molecule has 1 amide bonds. The lowest BCUT2D eigenvalue weighted by atomic mass is 10.1. The van der Waals surface area contributed by atoms with E-state index in [1.165, 1.54) is 6.20 Å². The third-order valence-corrected chi connectivity index (χ3v) is 2.95. The number of aryl methyl sites for hydroxylation is 1. The number of nitrogens with two attached hydrogens (primary N) is 2. The molecule has 0 fully saturated rings. The highest BCUT2D eigenvalue weighted by Crippen LogP contribution is 2.28. The van der Waals surface area contributed by atoms with E-state index in [2.05, 4.69) is 4.98 Å². The molecular formula is C14H16N4O. The highest BCUT2D eigenvalue weighted by atomic mass is 16.1. The Morgan fingerprint density at radius 2 is 2.00 bits per heavy atom. The van der Waals surface area contributed by atoms with E-state index in [0.717, 1.165) is 11.3 Å². The third kappa shape index (κ3) is 2.49. The van der Waals surface area contributed by atoms with Gasteiger partial charge in [-0.05, 0) is 24.6 Å². The zero-order chi connectivity index (χ0) is 14.0. The van der Waals surface area contributed by atoms with Crippen molar-refractivity contribution in [1.82, 2.24) is 4.98 Å². The van der Waals surface area contributed by atoms with Crippen molar-refractivity contribution in [1.29, 1.82) is 0 Å². The molecule has 4 N–H and O–H groups in total. The van der Waals surface area contributed by atoms with Gasteiger partial charge in [-0.2, -0.15) is 0 Å². The van der Waals surface area contributed by atoms with E-state index in [1.807, 2.05) is 43.1 Å². The first-order chi connectivity index (χ1) is 9.00. The summed E-state index contributed by atoms with van der Waals surface area (Å²) in [4.78, 5) is 17.5. The van der Waals surface area contributed by atoms with Crippen LogP contribution in [0.1, 0.15) is 15.9 Å². The van der Waals surface area contributed by atoms with Crippen molar-refractivity contribution in [3.8, 4) is 0 Å². The standard InChI is InChI=1S/C14H16N4O/c1-9-5-3-4-6-12(9)18(2)14-11(13(16)19)7-10(15)8-17-14/h3-8H,15H2,1-2H3,(H2,16,19). The average molecular weight is 256 g/mol. The van der Waals surface area contributed by atoms with Crippen LogP contribution in [0.2, 0.25) is 0 Å². The van der Waals surface area contributed by atoms with Gasteiger partial charge in [0, 0.05) is 12.7 Å². The third-order valence-electron chi connectivity index (χ3n) is 2.95. The molecule has 1 aromatic heterocycles. The number of nitrogen functional groups attached to an aromatic ring is 1. The van der Waals surface area contributed by atoms with Gasteiger partial charge in [-0.1, -0.05) is 18.2 Å². The number of aromatic nitrogens is 1. The van der Waals surface area contributed by atoms with Crippen LogP contribution in [0.3, 0.4) is 0 Å². The van der Waals surface area contributed by atoms with Gasteiger partial charge in [-0.15, -0.1) is 0 Å². The summed E-state index contributed by atoms with van der Waals surface area (Å²) in [7, 11) is 1.84. The molecule has 0 bridgehead atoms. The first-order valence-electron chi connectivity index (χ1n) is 5.85. The summed E-state index contributed by atoms with van der Waals surface area (Å²) in [6.45, 7) is 1.99. The summed E-state index contributed by atoms with van der Waals surface area (Å²) >= 11 is 0. The minimum absolute atomic E-state index is 0.311. The molecular weight excluding hydrogens is 240 g/mol. The van der Waals surface area contributed by atoms with E-state index < -0.39 is 5.91 Å². The predicted molar refractivity (Wildman–Crippen MR) is 76.4 cm³/mol. The van der Waals surface area contributed by atoms with E-state index in [4.69, 9.17) is 11.5 Å². The second kappa shape index (κ2) is 4.97. The molecule has 0 aliphatic heterocycles. The number of amides is 1. The molecule has 2 rings (SSSR count). The Balaban J connectivity index is 2.53. The number of carbonyl (C=O) groups excluding carboxylic acids is 1. The molecule has 98 valence electrons. The van der Waals surface area contributed by atoms with Gasteiger partial charge in [0.25, 0.3) is 5.91 Å². The second-order valence-corrected chi connectivity index (χ2v) is 4.35. The molecule has 0 unspecified atom stereocenters. The fourth-order valence-corrected chi connectivity index (χ4v) is 1.98. The molecule has 5 heteroatoms. The van der Waals surface area contributed by atoms with Crippen LogP contribution in [-0.4, -0.2) is 17.9 Å². The Hall–Kier alpha value is -2.56. The Morgan fingerprint density at radius 1 is 1.32 bits per heavy atom. The molecule has 0 aliphatic carbocycles. The topological polar surface area (TPSA) is 85.2 Å².